The molecule has 0 aliphatic heterocycles. The molecule has 2 aromatic carbocycles. The molecule has 4 rings (SSSR count). The number of ketones is 1. The summed E-state index contributed by atoms with van der Waals surface area (Å²) in [5.74, 6) is -1.59. The highest BCUT2D eigenvalue weighted by Crippen LogP contribution is 2.19. The molecule has 2 heterocycles. The lowest BCUT2D eigenvalue weighted by atomic mass is 10.1. The van der Waals surface area contributed by atoms with Crippen molar-refractivity contribution < 1.29 is 14.3 Å². The smallest absolute Gasteiger partial charge is 0.332 e. The SMILES string of the molecule is Cn1c(=O)c(C(=O)COC(=O)CCc2c[nH]c3ccccc23)c(N)n(Cc2ccccc2)c1=O. The summed E-state index contributed by atoms with van der Waals surface area (Å²) >= 11 is 0. The van der Waals surface area contributed by atoms with Gasteiger partial charge in [-0.05, 0) is 23.6 Å². The molecule has 0 radical (unpaired) electrons. The first-order chi connectivity index (χ1) is 16.4. The molecule has 2 aromatic heterocycles. The molecule has 0 amide bonds. The summed E-state index contributed by atoms with van der Waals surface area (Å²) in [4.78, 5) is 53.4. The number of carbonyl (C=O) groups is 2. The normalized spacial score (nSPS) is 11.0. The van der Waals surface area contributed by atoms with Crippen molar-refractivity contribution in [1.82, 2.24) is 14.1 Å². The number of para-hydroxylation sites is 1. The van der Waals surface area contributed by atoms with Gasteiger partial charge in [0.15, 0.2) is 6.61 Å². The van der Waals surface area contributed by atoms with E-state index >= 15 is 0 Å². The number of hydrogen-bond donors (Lipinski definition) is 2. The molecule has 174 valence electrons. The van der Waals surface area contributed by atoms with E-state index in [4.69, 9.17) is 10.5 Å². The molecule has 4 aromatic rings. The lowest BCUT2D eigenvalue weighted by Gasteiger charge is -2.14. The lowest BCUT2D eigenvalue weighted by molar-refractivity contribution is -0.142. The molecule has 3 N–H and O–H groups in total. The number of aromatic nitrogens is 3. The minimum atomic E-state index is -0.827. The molecule has 0 bridgehead atoms. The summed E-state index contributed by atoms with van der Waals surface area (Å²) in [5.41, 5.74) is 6.94. The second-order valence-electron chi connectivity index (χ2n) is 7.92. The molecule has 0 spiro atoms. The van der Waals surface area contributed by atoms with E-state index in [1.54, 1.807) is 24.3 Å². The molecule has 0 fully saturated rings. The summed E-state index contributed by atoms with van der Waals surface area (Å²) in [6.07, 6.45) is 2.34. The largest absolute Gasteiger partial charge is 0.457 e. The summed E-state index contributed by atoms with van der Waals surface area (Å²) in [7, 11) is 1.27. The van der Waals surface area contributed by atoms with Crippen LogP contribution in [0, 0.1) is 0 Å². The first-order valence-electron chi connectivity index (χ1n) is 10.7. The van der Waals surface area contributed by atoms with Gasteiger partial charge in [0.1, 0.15) is 11.4 Å². The van der Waals surface area contributed by atoms with Crippen molar-refractivity contribution in [3.8, 4) is 0 Å². The van der Waals surface area contributed by atoms with Gasteiger partial charge in [-0.25, -0.2) is 4.79 Å². The number of benzene rings is 2. The number of esters is 1. The number of nitrogen functional groups attached to an aromatic ring is 1. The Labute approximate surface area is 194 Å². The molecule has 0 saturated heterocycles. The molecule has 9 heteroatoms. The van der Waals surface area contributed by atoms with Crippen LogP contribution in [-0.2, 0) is 29.5 Å². The van der Waals surface area contributed by atoms with Crippen LogP contribution in [0.4, 0.5) is 5.82 Å². The monoisotopic (exact) mass is 460 g/mol. The fraction of sp³-hybridized carbons (Fsp3) is 0.200. The predicted molar refractivity (Wildman–Crippen MR) is 128 cm³/mol. The van der Waals surface area contributed by atoms with Crippen molar-refractivity contribution in [3.63, 3.8) is 0 Å². The molecule has 0 saturated carbocycles. The molecule has 34 heavy (non-hydrogen) atoms. The number of H-pyrrole nitrogens is 1. The number of ether oxygens (including phenoxy) is 1. The minimum absolute atomic E-state index is 0.0656. The highest BCUT2D eigenvalue weighted by atomic mass is 16.5. The molecule has 9 nitrogen and oxygen atoms in total. The third-order valence-electron chi connectivity index (χ3n) is 5.68. The van der Waals surface area contributed by atoms with Crippen LogP contribution in [-0.4, -0.2) is 32.5 Å². The number of nitrogens with two attached hydrogens (primary N) is 1. The van der Waals surface area contributed by atoms with Crippen LogP contribution in [0.2, 0.25) is 0 Å². The molecule has 0 atom stereocenters. The highest BCUT2D eigenvalue weighted by molar-refractivity contribution is 6.01. The summed E-state index contributed by atoms with van der Waals surface area (Å²) in [6, 6.07) is 16.8. The summed E-state index contributed by atoms with van der Waals surface area (Å²) < 4.78 is 7.10. The summed E-state index contributed by atoms with van der Waals surface area (Å²) in [6.45, 7) is -0.556. The molecule has 0 aliphatic carbocycles. The van der Waals surface area contributed by atoms with Crippen molar-refractivity contribution in [2.45, 2.75) is 19.4 Å². The maximum Gasteiger partial charge on any atom is 0.332 e. The number of fused-ring (bicyclic) bond motifs is 1. The number of nitrogens with one attached hydrogen (secondary N) is 1. The van der Waals surface area contributed by atoms with E-state index < -0.39 is 29.6 Å². The zero-order chi connectivity index (χ0) is 24.2. The van der Waals surface area contributed by atoms with E-state index in [9.17, 15) is 19.2 Å². The second kappa shape index (κ2) is 9.62. The van der Waals surface area contributed by atoms with Crippen LogP contribution in [0.15, 0.2) is 70.4 Å². The van der Waals surface area contributed by atoms with Crippen molar-refractivity contribution in [2.24, 2.45) is 7.05 Å². The number of anilines is 1. The topological polar surface area (TPSA) is 129 Å². The Hall–Kier alpha value is -4.40. The quantitative estimate of drug-likeness (QED) is 0.306. The highest BCUT2D eigenvalue weighted by Gasteiger charge is 2.23. The predicted octanol–water partition coefficient (Wildman–Crippen LogP) is 2.02. The minimum Gasteiger partial charge on any atom is -0.457 e. The second-order valence-corrected chi connectivity index (χ2v) is 7.92. The zero-order valence-electron chi connectivity index (χ0n) is 18.6. The standard InChI is InChI=1S/C25H24N4O5/c1-28-24(32)22(23(26)29(25(28)33)14-16-7-3-2-4-8-16)20(30)15-34-21(31)12-11-17-13-27-19-10-6-5-9-18(17)19/h2-10,13,27H,11-12,14-15,26H2,1H3. The fourth-order valence-electron chi connectivity index (χ4n) is 3.83. The number of aromatic amines is 1. The van der Waals surface area contributed by atoms with E-state index in [1.807, 2.05) is 36.5 Å². The van der Waals surface area contributed by atoms with Gasteiger partial charge in [0.05, 0.1) is 6.54 Å². The zero-order valence-corrected chi connectivity index (χ0v) is 18.6. The van der Waals surface area contributed by atoms with Crippen molar-refractivity contribution >= 4 is 28.5 Å². The third-order valence-corrected chi connectivity index (χ3v) is 5.68. The number of Topliss-reactive ketones (excluding diaryl/α,β-unsaturated/α-hetero) is 1. The van der Waals surface area contributed by atoms with Gasteiger partial charge < -0.3 is 15.5 Å². The number of nitrogens with zero attached hydrogens (tertiary/aromatic N) is 2. The van der Waals surface area contributed by atoms with E-state index in [0.717, 1.165) is 31.2 Å². The van der Waals surface area contributed by atoms with Crippen LogP contribution in [0.1, 0.15) is 27.9 Å². The van der Waals surface area contributed by atoms with Gasteiger partial charge in [-0.3, -0.25) is 23.5 Å². The Balaban J connectivity index is 1.46. The maximum absolute atomic E-state index is 12.8. The van der Waals surface area contributed by atoms with Crippen molar-refractivity contribution in [3.05, 3.63) is 98.3 Å². The molecular weight excluding hydrogens is 436 g/mol. The molecule has 0 unspecified atom stereocenters. The van der Waals surface area contributed by atoms with Crippen LogP contribution < -0.4 is 17.0 Å². The van der Waals surface area contributed by atoms with Gasteiger partial charge in [0.25, 0.3) is 5.56 Å². The van der Waals surface area contributed by atoms with E-state index in [-0.39, 0.29) is 24.3 Å². The average molecular weight is 460 g/mol. The van der Waals surface area contributed by atoms with E-state index in [0.29, 0.717) is 6.42 Å². The van der Waals surface area contributed by atoms with Gasteiger partial charge in [-0.2, -0.15) is 0 Å². The van der Waals surface area contributed by atoms with Gasteiger partial charge >= 0.3 is 11.7 Å². The number of hydrogen-bond acceptors (Lipinski definition) is 6. The number of carbonyl (C=O) groups excluding carboxylic acids is 2. The molecule has 0 aliphatic rings. The third kappa shape index (κ3) is 4.54. The van der Waals surface area contributed by atoms with E-state index in [1.165, 1.54) is 7.05 Å². The van der Waals surface area contributed by atoms with E-state index in [2.05, 4.69) is 4.98 Å². The van der Waals surface area contributed by atoms with Crippen LogP contribution >= 0.6 is 0 Å². The average Bonchev–Trinajstić information content (AvgIpc) is 3.26. The van der Waals surface area contributed by atoms with Gasteiger partial charge in [-0.15, -0.1) is 0 Å². The first-order valence-corrected chi connectivity index (χ1v) is 10.7. The lowest BCUT2D eigenvalue weighted by Crippen LogP contribution is -2.43. The Morgan fingerprint density at radius 1 is 1.03 bits per heavy atom. The van der Waals surface area contributed by atoms with Crippen molar-refractivity contribution in [2.75, 3.05) is 12.3 Å². The Kier molecular flexibility index (Phi) is 6.44. The fourth-order valence-corrected chi connectivity index (χ4v) is 3.83. The Bertz CT molecular complexity index is 1480. The van der Waals surface area contributed by atoms with Gasteiger partial charge in [0.2, 0.25) is 5.78 Å². The summed E-state index contributed by atoms with van der Waals surface area (Å²) in [5, 5.41) is 1.02. The Morgan fingerprint density at radius 3 is 2.50 bits per heavy atom. The molecular formula is C25H24N4O5. The van der Waals surface area contributed by atoms with Gasteiger partial charge in [-0.1, -0.05) is 48.5 Å². The van der Waals surface area contributed by atoms with Crippen LogP contribution in [0.5, 0.6) is 0 Å². The number of aryl methyl sites for hydroxylation is 1. The van der Waals surface area contributed by atoms with Gasteiger partial charge in [0, 0.05) is 30.6 Å². The maximum atomic E-state index is 12.8. The van der Waals surface area contributed by atoms with Crippen LogP contribution in [0.3, 0.4) is 0 Å². The number of rotatable bonds is 8. The van der Waals surface area contributed by atoms with Crippen molar-refractivity contribution in [1.29, 1.82) is 0 Å². The Morgan fingerprint density at radius 2 is 1.74 bits per heavy atom. The first kappa shape index (κ1) is 22.8. The van der Waals surface area contributed by atoms with Crippen LogP contribution in [0.25, 0.3) is 10.9 Å².